The van der Waals surface area contributed by atoms with E-state index in [1.165, 1.54) is 23.2 Å². The molecule has 1 aromatic carbocycles. The molecule has 0 bridgehead atoms. The van der Waals surface area contributed by atoms with Gasteiger partial charge >= 0.3 is 0 Å². The van der Waals surface area contributed by atoms with E-state index in [1.807, 2.05) is 0 Å². The van der Waals surface area contributed by atoms with Crippen molar-refractivity contribution in [2.75, 3.05) is 0 Å². The molecule has 0 aromatic heterocycles. The Hall–Kier alpha value is -1.04. The summed E-state index contributed by atoms with van der Waals surface area (Å²) in [5.41, 5.74) is 3.20. The third-order valence-electron chi connectivity index (χ3n) is 3.24. The van der Waals surface area contributed by atoms with Crippen LogP contribution in [0.2, 0.25) is 13.1 Å². The second-order valence-corrected chi connectivity index (χ2v) is 9.18. The lowest BCUT2D eigenvalue weighted by Crippen LogP contribution is -2.43. The quantitative estimate of drug-likeness (QED) is 0.529. The average molecular weight is 230 g/mol. The predicted octanol–water partition coefficient (Wildman–Crippen LogP) is 4.04. The van der Waals surface area contributed by atoms with Gasteiger partial charge in [-0.1, -0.05) is 68.5 Å². The van der Waals surface area contributed by atoms with E-state index in [2.05, 4.69) is 62.7 Å². The zero-order chi connectivity index (χ0) is 12.0. The van der Waals surface area contributed by atoms with E-state index in [4.69, 9.17) is 0 Å². The SMILES string of the molecule is C=C=C(CCCC)[Si](C)(C)c1ccccc1. The van der Waals surface area contributed by atoms with Crippen LogP contribution >= 0.6 is 0 Å². The summed E-state index contributed by atoms with van der Waals surface area (Å²) in [5.74, 6) is 0. The van der Waals surface area contributed by atoms with Crippen molar-refractivity contribution in [3.05, 3.63) is 47.8 Å². The van der Waals surface area contributed by atoms with E-state index in [-0.39, 0.29) is 0 Å². The summed E-state index contributed by atoms with van der Waals surface area (Å²) in [6, 6.07) is 10.8. The second kappa shape index (κ2) is 5.88. The predicted molar refractivity (Wildman–Crippen MR) is 75.7 cm³/mol. The molecule has 0 amide bonds. The first-order valence-electron chi connectivity index (χ1n) is 6.07. The minimum Gasteiger partial charge on any atom is -0.134 e. The molecule has 0 heterocycles. The van der Waals surface area contributed by atoms with Crippen molar-refractivity contribution in [2.45, 2.75) is 39.3 Å². The first kappa shape index (κ1) is 13.0. The van der Waals surface area contributed by atoms with Crippen molar-refractivity contribution >= 4 is 13.3 Å². The smallest absolute Gasteiger partial charge is 0.116 e. The molecule has 86 valence electrons. The van der Waals surface area contributed by atoms with Gasteiger partial charge in [-0.3, -0.25) is 0 Å². The Morgan fingerprint density at radius 3 is 2.38 bits per heavy atom. The van der Waals surface area contributed by atoms with Crippen LogP contribution in [0.15, 0.2) is 47.8 Å². The van der Waals surface area contributed by atoms with E-state index < -0.39 is 8.07 Å². The Kier molecular flexibility index (Phi) is 4.79. The van der Waals surface area contributed by atoms with Crippen LogP contribution in [-0.4, -0.2) is 8.07 Å². The van der Waals surface area contributed by atoms with Crippen molar-refractivity contribution in [1.29, 1.82) is 0 Å². The van der Waals surface area contributed by atoms with E-state index in [9.17, 15) is 0 Å². The summed E-state index contributed by atoms with van der Waals surface area (Å²) >= 11 is 0. The molecule has 0 spiro atoms. The van der Waals surface area contributed by atoms with Crippen LogP contribution < -0.4 is 5.19 Å². The van der Waals surface area contributed by atoms with Crippen LogP contribution in [0, 0.1) is 0 Å². The topological polar surface area (TPSA) is 0 Å². The van der Waals surface area contributed by atoms with Gasteiger partial charge in [0.2, 0.25) is 0 Å². The van der Waals surface area contributed by atoms with Crippen LogP contribution in [0.5, 0.6) is 0 Å². The van der Waals surface area contributed by atoms with Crippen LogP contribution in [0.1, 0.15) is 26.2 Å². The van der Waals surface area contributed by atoms with Gasteiger partial charge in [-0.15, -0.1) is 5.73 Å². The van der Waals surface area contributed by atoms with Crippen molar-refractivity contribution in [1.82, 2.24) is 0 Å². The first-order valence-corrected chi connectivity index (χ1v) is 9.07. The van der Waals surface area contributed by atoms with Crippen molar-refractivity contribution < 1.29 is 0 Å². The van der Waals surface area contributed by atoms with E-state index >= 15 is 0 Å². The molecular weight excluding hydrogens is 208 g/mol. The van der Waals surface area contributed by atoms with Crippen LogP contribution in [0.25, 0.3) is 0 Å². The molecule has 0 aliphatic rings. The Labute approximate surface area is 101 Å². The lowest BCUT2D eigenvalue weighted by molar-refractivity contribution is 0.804. The number of rotatable bonds is 5. The fourth-order valence-electron chi connectivity index (χ4n) is 2.00. The summed E-state index contributed by atoms with van der Waals surface area (Å²) in [6.07, 6.45) is 3.65. The minimum atomic E-state index is -1.50. The fourth-order valence-corrected chi connectivity index (χ4v) is 4.62. The van der Waals surface area contributed by atoms with Gasteiger partial charge < -0.3 is 0 Å². The van der Waals surface area contributed by atoms with Crippen molar-refractivity contribution in [3.63, 3.8) is 0 Å². The van der Waals surface area contributed by atoms with Crippen molar-refractivity contribution in [3.8, 4) is 0 Å². The molecule has 0 fully saturated rings. The standard InChI is InChI=1S/C15H22Si/c1-5-7-11-14(6-2)16(3,4)15-12-9-8-10-13-15/h8-10,12-13H,2,5,7,11H2,1,3-4H3. The van der Waals surface area contributed by atoms with Gasteiger partial charge in [-0.2, -0.15) is 0 Å². The molecule has 0 nitrogen and oxygen atoms in total. The van der Waals surface area contributed by atoms with Gasteiger partial charge in [0.05, 0.1) is 0 Å². The average Bonchev–Trinajstić information content (AvgIpc) is 2.31. The lowest BCUT2D eigenvalue weighted by Gasteiger charge is -2.25. The van der Waals surface area contributed by atoms with E-state index in [0.717, 1.165) is 6.42 Å². The summed E-state index contributed by atoms with van der Waals surface area (Å²) < 4.78 is 0. The van der Waals surface area contributed by atoms with Gasteiger partial charge in [0, 0.05) is 0 Å². The zero-order valence-electron chi connectivity index (χ0n) is 10.7. The first-order chi connectivity index (χ1) is 7.62. The largest absolute Gasteiger partial charge is 0.134 e. The van der Waals surface area contributed by atoms with E-state index in [1.54, 1.807) is 0 Å². The molecule has 0 saturated carbocycles. The van der Waals surface area contributed by atoms with Gasteiger partial charge in [-0.25, -0.2) is 0 Å². The van der Waals surface area contributed by atoms with E-state index in [0.29, 0.717) is 0 Å². The lowest BCUT2D eigenvalue weighted by atomic mass is 10.2. The maximum absolute atomic E-state index is 3.88. The van der Waals surface area contributed by atoms with Gasteiger partial charge in [0.15, 0.2) is 0 Å². The molecule has 0 atom stereocenters. The Balaban J connectivity index is 2.96. The summed E-state index contributed by atoms with van der Waals surface area (Å²) in [5, 5.41) is 2.94. The molecule has 1 rings (SSSR count). The highest BCUT2D eigenvalue weighted by Crippen LogP contribution is 2.19. The Morgan fingerprint density at radius 2 is 1.88 bits per heavy atom. The number of unbranched alkanes of at least 4 members (excludes halogenated alkanes) is 1. The Bertz CT molecular complexity index is 370. The summed E-state index contributed by atoms with van der Waals surface area (Å²) in [7, 11) is -1.50. The van der Waals surface area contributed by atoms with Crippen LogP contribution in [0.4, 0.5) is 0 Å². The minimum absolute atomic E-state index is 1.16. The normalized spacial score (nSPS) is 10.9. The Morgan fingerprint density at radius 1 is 1.25 bits per heavy atom. The highest BCUT2D eigenvalue weighted by atomic mass is 28.3. The van der Waals surface area contributed by atoms with Gasteiger partial charge in [-0.05, 0) is 18.0 Å². The maximum Gasteiger partial charge on any atom is 0.116 e. The monoisotopic (exact) mass is 230 g/mol. The van der Waals surface area contributed by atoms with Gasteiger partial charge in [0.1, 0.15) is 8.07 Å². The highest BCUT2D eigenvalue weighted by molar-refractivity contribution is 6.95. The highest BCUT2D eigenvalue weighted by Gasteiger charge is 2.27. The van der Waals surface area contributed by atoms with Crippen LogP contribution in [0.3, 0.4) is 0 Å². The summed E-state index contributed by atoms with van der Waals surface area (Å²) in [6.45, 7) is 10.9. The molecule has 1 aromatic rings. The zero-order valence-corrected chi connectivity index (χ0v) is 11.7. The molecule has 0 saturated heterocycles. The third kappa shape index (κ3) is 2.97. The van der Waals surface area contributed by atoms with Crippen LogP contribution in [-0.2, 0) is 0 Å². The number of allylic oxidation sites excluding steroid dienone is 1. The molecule has 0 radical (unpaired) electrons. The number of hydrogen-bond acceptors (Lipinski definition) is 0. The molecule has 0 unspecified atom stereocenters. The number of hydrogen-bond donors (Lipinski definition) is 0. The molecule has 0 N–H and O–H groups in total. The molecular formula is C15H22Si. The fraction of sp³-hybridized carbons (Fsp3) is 0.400. The third-order valence-corrected chi connectivity index (χ3v) is 6.96. The molecule has 16 heavy (non-hydrogen) atoms. The molecule has 0 aliphatic heterocycles. The molecule has 1 heteroatoms. The molecule has 0 aliphatic carbocycles. The maximum atomic E-state index is 3.88. The number of benzene rings is 1. The van der Waals surface area contributed by atoms with Gasteiger partial charge in [0.25, 0.3) is 0 Å². The summed E-state index contributed by atoms with van der Waals surface area (Å²) in [4.78, 5) is 0. The second-order valence-electron chi connectivity index (χ2n) is 4.75. The van der Waals surface area contributed by atoms with Crippen molar-refractivity contribution in [2.24, 2.45) is 0 Å².